The zero-order valence-electron chi connectivity index (χ0n) is 15.9. The highest BCUT2D eigenvalue weighted by Gasteiger charge is 2.33. The van der Waals surface area contributed by atoms with Crippen molar-refractivity contribution < 1.29 is 14.3 Å². The van der Waals surface area contributed by atoms with Crippen LogP contribution in [0.15, 0.2) is 54.7 Å². The summed E-state index contributed by atoms with van der Waals surface area (Å²) in [5.41, 5.74) is 1.57. The van der Waals surface area contributed by atoms with Crippen LogP contribution in [0.25, 0.3) is 0 Å². The summed E-state index contributed by atoms with van der Waals surface area (Å²) in [5.74, 6) is 0.110. The van der Waals surface area contributed by atoms with Gasteiger partial charge < -0.3 is 14.5 Å². The Morgan fingerprint density at radius 2 is 1.68 bits per heavy atom. The van der Waals surface area contributed by atoms with E-state index in [1.54, 1.807) is 23.2 Å². The fraction of sp³-hybridized carbons (Fsp3) is 0.409. The van der Waals surface area contributed by atoms with Gasteiger partial charge in [-0.25, -0.2) is 0 Å². The number of hydrogen-bond donors (Lipinski definition) is 0. The van der Waals surface area contributed by atoms with Gasteiger partial charge in [0.05, 0.1) is 13.2 Å². The molecule has 2 amide bonds. The smallest absolute Gasteiger partial charge is 0.272 e. The number of carbonyl (C=O) groups is 2. The van der Waals surface area contributed by atoms with Gasteiger partial charge in [-0.2, -0.15) is 0 Å². The molecule has 1 atom stereocenters. The zero-order valence-corrected chi connectivity index (χ0v) is 15.9. The number of piperidine rings is 1. The maximum Gasteiger partial charge on any atom is 0.272 e. The summed E-state index contributed by atoms with van der Waals surface area (Å²) in [4.78, 5) is 33.4. The van der Waals surface area contributed by atoms with Gasteiger partial charge in [-0.3, -0.25) is 14.6 Å². The van der Waals surface area contributed by atoms with Gasteiger partial charge in [0.2, 0.25) is 5.91 Å². The van der Waals surface area contributed by atoms with Crippen molar-refractivity contribution in [3.8, 4) is 0 Å². The molecule has 0 radical (unpaired) electrons. The number of morpholine rings is 1. The second-order valence-corrected chi connectivity index (χ2v) is 7.34. The standard InChI is InChI=1S/C22H25N3O3/c26-21(25-14-15-28-20(16-25)17-6-2-1-3-7-17)18-9-12-24(13-10-18)22(27)19-8-4-5-11-23-19/h1-8,11,18,20H,9-10,12-16H2. The number of aromatic nitrogens is 1. The Morgan fingerprint density at radius 1 is 0.929 bits per heavy atom. The van der Waals surface area contributed by atoms with Crippen molar-refractivity contribution in [3.63, 3.8) is 0 Å². The van der Waals surface area contributed by atoms with Crippen LogP contribution in [-0.2, 0) is 9.53 Å². The van der Waals surface area contributed by atoms with Crippen LogP contribution in [0.5, 0.6) is 0 Å². The predicted molar refractivity (Wildman–Crippen MR) is 105 cm³/mol. The van der Waals surface area contributed by atoms with E-state index < -0.39 is 0 Å². The highest BCUT2D eigenvalue weighted by Crippen LogP contribution is 2.26. The lowest BCUT2D eigenvalue weighted by Gasteiger charge is -2.38. The molecule has 1 aromatic carbocycles. The summed E-state index contributed by atoms with van der Waals surface area (Å²) in [7, 11) is 0. The van der Waals surface area contributed by atoms with E-state index in [0.29, 0.717) is 51.3 Å². The Balaban J connectivity index is 1.33. The molecule has 4 rings (SSSR count). The maximum atomic E-state index is 13.0. The van der Waals surface area contributed by atoms with Crippen molar-refractivity contribution in [1.82, 2.24) is 14.8 Å². The topological polar surface area (TPSA) is 62.7 Å². The van der Waals surface area contributed by atoms with Crippen molar-refractivity contribution >= 4 is 11.8 Å². The van der Waals surface area contributed by atoms with Crippen LogP contribution < -0.4 is 0 Å². The molecule has 0 aliphatic carbocycles. The molecule has 0 N–H and O–H groups in total. The SMILES string of the molecule is O=C(c1ccccn1)N1CCC(C(=O)N2CCOC(c3ccccc3)C2)CC1. The van der Waals surface area contributed by atoms with E-state index in [4.69, 9.17) is 4.74 Å². The molecule has 0 spiro atoms. The van der Waals surface area contributed by atoms with Gasteiger partial charge in [-0.05, 0) is 30.5 Å². The summed E-state index contributed by atoms with van der Waals surface area (Å²) in [6, 6.07) is 15.4. The molecule has 0 saturated carbocycles. The molecule has 3 heterocycles. The Bertz CT molecular complexity index is 804. The van der Waals surface area contributed by atoms with Crippen LogP contribution in [0.4, 0.5) is 0 Å². The number of amides is 2. The fourth-order valence-corrected chi connectivity index (χ4v) is 3.96. The molecule has 2 saturated heterocycles. The average Bonchev–Trinajstić information content (AvgIpc) is 2.79. The van der Waals surface area contributed by atoms with E-state index in [1.165, 1.54) is 0 Å². The molecule has 6 heteroatoms. The van der Waals surface area contributed by atoms with Crippen molar-refractivity contribution in [1.29, 1.82) is 0 Å². The first kappa shape index (κ1) is 18.6. The first-order valence-electron chi connectivity index (χ1n) is 9.88. The second-order valence-electron chi connectivity index (χ2n) is 7.34. The lowest BCUT2D eigenvalue weighted by Crippen LogP contribution is -2.48. The number of benzene rings is 1. The van der Waals surface area contributed by atoms with Crippen molar-refractivity contribution in [3.05, 3.63) is 66.0 Å². The lowest BCUT2D eigenvalue weighted by molar-refractivity contribution is -0.144. The fourth-order valence-electron chi connectivity index (χ4n) is 3.96. The van der Waals surface area contributed by atoms with Crippen LogP contribution in [0.3, 0.4) is 0 Å². The van der Waals surface area contributed by atoms with E-state index in [0.717, 1.165) is 5.56 Å². The van der Waals surface area contributed by atoms with Gasteiger partial charge in [-0.1, -0.05) is 36.4 Å². The van der Waals surface area contributed by atoms with Gasteiger partial charge in [0, 0.05) is 31.7 Å². The number of nitrogens with zero attached hydrogens (tertiary/aromatic N) is 3. The number of ether oxygens (including phenoxy) is 1. The zero-order chi connectivity index (χ0) is 19.3. The molecule has 28 heavy (non-hydrogen) atoms. The summed E-state index contributed by atoms with van der Waals surface area (Å²) < 4.78 is 5.88. The van der Waals surface area contributed by atoms with E-state index in [9.17, 15) is 9.59 Å². The van der Waals surface area contributed by atoms with Gasteiger partial charge in [0.15, 0.2) is 0 Å². The highest BCUT2D eigenvalue weighted by molar-refractivity contribution is 5.92. The molecule has 1 aromatic heterocycles. The van der Waals surface area contributed by atoms with Crippen LogP contribution in [0.2, 0.25) is 0 Å². The van der Waals surface area contributed by atoms with Gasteiger partial charge >= 0.3 is 0 Å². The maximum absolute atomic E-state index is 13.0. The van der Waals surface area contributed by atoms with Crippen molar-refractivity contribution in [2.24, 2.45) is 5.92 Å². The Hall–Kier alpha value is -2.73. The molecule has 0 bridgehead atoms. The molecular formula is C22H25N3O3. The lowest BCUT2D eigenvalue weighted by atomic mass is 9.94. The van der Waals surface area contributed by atoms with Gasteiger partial charge in [0.25, 0.3) is 5.91 Å². The number of hydrogen-bond acceptors (Lipinski definition) is 4. The average molecular weight is 379 g/mol. The Morgan fingerprint density at radius 3 is 2.39 bits per heavy atom. The Kier molecular flexibility index (Phi) is 5.67. The number of carbonyl (C=O) groups excluding carboxylic acids is 2. The third kappa shape index (κ3) is 4.07. The van der Waals surface area contributed by atoms with E-state index in [2.05, 4.69) is 4.98 Å². The number of pyridine rings is 1. The van der Waals surface area contributed by atoms with Gasteiger partial charge in [-0.15, -0.1) is 0 Å². The van der Waals surface area contributed by atoms with Crippen LogP contribution >= 0.6 is 0 Å². The molecule has 2 aliphatic heterocycles. The highest BCUT2D eigenvalue weighted by atomic mass is 16.5. The molecule has 146 valence electrons. The quantitative estimate of drug-likeness (QED) is 0.822. The number of likely N-dealkylation sites (tertiary alicyclic amines) is 1. The summed E-state index contributed by atoms with van der Waals surface area (Å²) >= 11 is 0. The van der Waals surface area contributed by atoms with E-state index in [-0.39, 0.29) is 23.8 Å². The molecular weight excluding hydrogens is 354 g/mol. The van der Waals surface area contributed by atoms with Gasteiger partial charge in [0.1, 0.15) is 11.8 Å². The number of rotatable bonds is 3. The third-order valence-corrected chi connectivity index (χ3v) is 5.56. The van der Waals surface area contributed by atoms with Crippen molar-refractivity contribution in [2.45, 2.75) is 18.9 Å². The Labute approximate surface area is 165 Å². The largest absolute Gasteiger partial charge is 0.370 e. The molecule has 2 aliphatic rings. The van der Waals surface area contributed by atoms with E-state index >= 15 is 0 Å². The normalized spacial score (nSPS) is 20.8. The molecule has 2 aromatic rings. The summed E-state index contributed by atoms with van der Waals surface area (Å²) in [6.07, 6.45) is 2.96. The monoisotopic (exact) mass is 379 g/mol. The minimum Gasteiger partial charge on any atom is -0.370 e. The summed E-state index contributed by atoms with van der Waals surface area (Å²) in [6.45, 7) is 2.98. The predicted octanol–water partition coefficient (Wildman–Crippen LogP) is 2.53. The van der Waals surface area contributed by atoms with Crippen LogP contribution in [0.1, 0.15) is 35.0 Å². The first-order chi connectivity index (χ1) is 13.7. The minimum absolute atomic E-state index is 0.0256. The second kappa shape index (κ2) is 8.52. The minimum atomic E-state index is -0.0651. The first-order valence-corrected chi connectivity index (χ1v) is 9.88. The van der Waals surface area contributed by atoms with Crippen molar-refractivity contribution in [2.75, 3.05) is 32.8 Å². The molecule has 2 fully saturated rings. The summed E-state index contributed by atoms with van der Waals surface area (Å²) in [5, 5.41) is 0. The van der Waals surface area contributed by atoms with Crippen LogP contribution in [-0.4, -0.2) is 59.4 Å². The third-order valence-electron chi connectivity index (χ3n) is 5.56. The molecule has 6 nitrogen and oxygen atoms in total. The molecule has 1 unspecified atom stereocenters. The van der Waals surface area contributed by atoms with E-state index in [1.807, 2.05) is 41.3 Å². The van der Waals surface area contributed by atoms with Crippen LogP contribution in [0, 0.1) is 5.92 Å².